The number of rotatable bonds is 9. The molecule has 1 aliphatic rings. The van der Waals surface area contributed by atoms with Crippen LogP contribution in [0.5, 0.6) is 5.75 Å². The van der Waals surface area contributed by atoms with Crippen molar-refractivity contribution in [2.24, 2.45) is 0 Å². The quantitative estimate of drug-likeness (QED) is 0.424. The van der Waals surface area contributed by atoms with Gasteiger partial charge in [0.05, 0.1) is 36.2 Å². The lowest BCUT2D eigenvalue weighted by Gasteiger charge is -2.45. The zero-order chi connectivity index (χ0) is 26.4. The van der Waals surface area contributed by atoms with Crippen molar-refractivity contribution in [2.45, 2.75) is 38.5 Å². The molecule has 0 unspecified atom stereocenters. The molecule has 1 fully saturated rings. The Morgan fingerprint density at radius 3 is 2.59 bits per heavy atom. The van der Waals surface area contributed by atoms with Crippen molar-refractivity contribution < 1.29 is 14.9 Å². The van der Waals surface area contributed by atoms with Crippen molar-refractivity contribution in [3.8, 4) is 11.8 Å². The molecular weight excluding hydrogens is 488 g/mol. The van der Waals surface area contributed by atoms with Gasteiger partial charge in [-0.05, 0) is 55.3 Å². The number of halogens is 1. The third-order valence-corrected chi connectivity index (χ3v) is 6.98. The summed E-state index contributed by atoms with van der Waals surface area (Å²) in [5, 5.41) is 31.2. The Balaban J connectivity index is 1.60. The summed E-state index contributed by atoms with van der Waals surface area (Å²) < 4.78 is 5.75. The molecule has 4 rings (SSSR count). The number of pyridine rings is 1. The van der Waals surface area contributed by atoms with Crippen LogP contribution >= 0.6 is 11.6 Å². The van der Waals surface area contributed by atoms with E-state index in [1.807, 2.05) is 55.5 Å². The van der Waals surface area contributed by atoms with Crippen molar-refractivity contribution in [3.63, 3.8) is 0 Å². The molecule has 8 heteroatoms. The molecule has 2 aromatic carbocycles. The minimum atomic E-state index is -1.12. The van der Waals surface area contributed by atoms with E-state index >= 15 is 0 Å². The van der Waals surface area contributed by atoms with Crippen LogP contribution in [0.25, 0.3) is 0 Å². The molecule has 1 aliphatic heterocycles. The smallest absolute Gasteiger partial charge is 0.120 e. The normalized spacial score (nSPS) is 17.7. The number of ether oxygens (including phenoxy) is 1. The standard InChI is InChI=1S/C29H33ClN4O3/c1-3-14-37-26-10-11-27(22(15-26)16-31)34-13-12-33(18-28(34)21-4-7-24(30)8-5-21)20-29(2,36)23-6-9-25(19-35)32-17-23/h4-11,15,17,28,35-36H,3,12-14,18-20H2,1-2H3/t28-,29+/m0/s1. The van der Waals surface area contributed by atoms with Crippen LogP contribution in [0.1, 0.15) is 48.7 Å². The molecule has 194 valence electrons. The van der Waals surface area contributed by atoms with Gasteiger partial charge in [0.15, 0.2) is 0 Å². The molecule has 0 aliphatic carbocycles. The number of hydrogen-bond acceptors (Lipinski definition) is 7. The summed E-state index contributed by atoms with van der Waals surface area (Å²) in [6.07, 6.45) is 2.52. The molecule has 7 nitrogen and oxygen atoms in total. The first-order valence-electron chi connectivity index (χ1n) is 12.5. The van der Waals surface area contributed by atoms with Gasteiger partial charge in [0.25, 0.3) is 0 Å². The van der Waals surface area contributed by atoms with Gasteiger partial charge in [-0.25, -0.2) is 0 Å². The Morgan fingerprint density at radius 1 is 1.16 bits per heavy atom. The maximum atomic E-state index is 11.3. The van der Waals surface area contributed by atoms with E-state index in [1.165, 1.54) is 0 Å². The first kappa shape index (κ1) is 26.9. The van der Waals surface area contributed by atoms with Gasteiger partial charge < -0.3 is 19.8 Å². The van der Waals surface area contributed by atoms with E-state index in [0.29, 0.717) is 60.4 Å². The van der Waals surface area contributed by atoms with E-state index < -0.39 is 5.60 Å². The summed E-state index contributed by atoms with van der Waals surface area (Å²) >= 11 is 6.18. The molecule has 0 spiro atoms. The number of nitriles is 1. The van der Waals surface area contributed by atoms with Gasteiger partial charge in [-0.15, -0.1) is 0 Å². The number of hydrogen-bond donors (Lipinski definition) is 2. The van der Waals surface area contributed by atoms with Crippen LogP contribution in [-0.4, -0.2) is 52.9 Å². The van der Waals surface area contributed by atoms with Crippen molar-refractivity contribution in [3.05, 3.63) is 88.2 Å². The molecule has 37 heavy (non-hydrogen) atoms. The number of benzene rings is 2. The number of piperazine rings is 1. The zero-order valence-electron chi connectivity index (χ0n) is 21.3. The van der Waals surface area contributed by atoms with E-state index in [4.69, 9.17) is 16.3 Å². The SMILES string of the molecule is CCCOc1ccc(N2CCN(C[C@@](C)(O)c3ccc(CO)nc3)C[C@H]2c2ccc(Cl)cc2)c(C#N)c1. The Morgan fingerprint density at radius 2 is 1.95 bits per heavy atom. The third-order valence-electron chi connectivity index (χ3n) is 6.73. The summed E-state index contributed by atoms with van der Waals surface area (Å²) in [4.78, 5) is 8.73. The monoisotopic (exact) mass is 520 g/mol. The summed E-state index contributed by atoms with van der Waals surface area (Å²) in [6.45, 7) is 6.76. The predicted octanol–water partition coefficient (Wildman–Crippen LogP) is 4.66. The van der Waals surface area contributed by atoms with E-state index in [2.05, 4.69) is 20.9 Å². The summed E-state index contributed by atoms with van der Waals surface area (Å²) in [7, 11) is 0. The van der Waals surface area contributed by atoms with Gasteiger partial charge in [-0.3, -0.25) is 9.88 Å². The van der Waals surface area contributed by atoms with Crippen molar-refractivity contribution >= 4 is 17.3 Å². The lowest BCUT2D eigenvalue weighted by Crippen LogP contribution is -2.52. The van der Waals surface area contributed by atoms with E-state index in [1.54, 1.807) is 19.2 Å². The van der Waals surface area contributed by atoms with Gasteiger partial charge in [-0.2, -0.15) is 5.26 Å². The molecule has 0 radical (unpaired) electrons. The Kier molecular flexibility index (Phi) is 8.67. The van der Waals surface area contributed by atoms with Crippen LogP contribution in [0.3, 0.4) is 0 Å². The first-order chi connectivity index (χ1) is 17.8. The minimum Gasteiger partial charge on any atom is -0.494 e. The van der Waals surface area contributed by atoms with Crippen LogP contribution in [0.4, 0.5) is 5.69 Å². The van der Waals surface area contributed by atoms with Gasteiger partial charge in [0, 0.05) is 43.0 Å². The largest absolute Gasteiger partial charge is 0.494 e. The predicted molar refractivity (Wildman–Crippen MR) is 145 cm³/mol. The molecule has 3 aromatic rings. The van der Waals surface area contributed by atoms with E-state index in [0.717, 1.165) is 17.7 Å². The fourth-order valence-electron chi connectivity index (χ4n) is 4.77. The Hall–Kier alpha value is -3.15. The molecule has 0 amide bonds. The highest BCUT2D eigenvalue weighted by atomic mass is 35.5. The van der Waals surface area contributed by atoms with Crippen LogP contribution in [0.2, 0.25) is 5.02 Å². The second-order valence-electron chi connectivity index (χ2n) is 9.61. The first-order valence-corrected chi connectivity index (χ1v) is 12.9. The van der Waals surface area contributed by atoms with Gasteiger partial charge in [-0.1, -0.05) is 36.7 Å². The number of anilines is 1. The van der Waals surface area contributed by atoms with Crippen LogP contribution in [0, 0.1) is 11.3 Å². The maximum Gasteiger partial charge on any atom is 0.120 e. The van der Waals surface area contributed by atoms with Crippen LogP contribution < -0.4 is 9.64 Å². The summed E-state index contributed by atoms with van der Waals surface area (Å²) in [6, 6.07) is 19.3. The number of nitrogens with zero attached hydrogens (tertiary/aromatic N) is 4. The molecule has 1 saturated heterocycles. The molecule has 2 atom stereocenters. The van der Waals surface area contributed by atoms with Crippen molar-refractivity contribution in [1.29, 1.82) is 5.26 Å². The number of aliphatic hydroxyl groups excluding tert-OH is 1. The molecule has 0 bridgehead atoms. The van der Waals surface area contributed by atoms with Crippen molar-refractivity contribution in [2.75, 3.05) is 37.7 Å². The van der Waals surface area contributed by atoms with E-state index in [9.17, 15) is 15.5 Å². The second kappa shape index (κ2) is 11.9. The fraction of sp³-hybridized carbons (Fsp3) is 0.379. The lowest BCUT2D eigenvalue weighted by atomic mass is 9.94. The lowest BCUT2D eigenvalue weighted by molar-refractivity contribution is 0.00996. The van der Waals surface area contributed by atoms with Crippen LogP contribution in [-0.2, 0) is 12.2 Å². The highest BCUT2D eigenvalue weighted by Gasteiger charge is 2.34. The van der Waals surface area contributed by atoms with Gasteiger partial charge in [0.1, 0.15) is 17.4 Å². The van der Waals surface area contributed by atoms with Crippen LogP contribution in [0.15, 0.2) is 60.8 Å². The third kappa shape index (κ3) is 6.41. The number of β-amino-alcohol motifs (C(OH)–C–C–N with tert-alkyl or cyclic N) is 1. The maximum absolute atomic E-state index is 11.3. The summed E-state index contributed by atoms with van der Waals surface area (Å²) in [5.74, 6) is 0.695. The average Bonchev–Trinajstić information content (AvgIpc) is 2.92. The Bertz CT molecular complexity index is 1230. The second-order valence-corrected chi connectivity index (χ2v) is 10.0. The van der Waals surface area contributed by atoms with Gasteiger partial charge >= 0.3 is 0 Å². The minimum absolute atomic E-state index is 0.0498. The van der Waals surface area contributed by atoms with Gasteiger partial charge in [0.2, 0.25) is 0 Å². The topological polar surface area (TPSA) is 92.8 Å². The Labute approximate surface area is 223 Å². The number of aromatic nitrogens is 1. The fourth-order valence-corrected chi connectivity index (χ4v) is 4.90. The highest BCUT2D eigenvalue weighted by molar-refractivity contribution is 6.30. The number of aliphatic hydroxyl groups is 2. The van der Waals surface area contributed by atoms with Crippen molar-refractivity contribution in [1.82, 2.24) is 9.88 Å². The van der Waals surface area contributed by atoms with E-state index in [-0.39, 0.29) is 12.6 Å². The molecule has 2 N–H and O–H groups in total. The average molecular weight is 521 g/mol. The molecule has 2 heterocycles. The molecule has 0 saturated carbocycles. The molecular formula is C29H33ClN4O3. The zero-order valence-corrected chi connectivity index (χ0v) is 22.0. The summed E-state index contributed by atoms with van der Waals surface area (Å²) in [5.41, 5.74) is 2.66. The molecule has 1 aromatic heterocycles. The highest BCUT2D eigenvalue weighted by Crippen LogP contribution is 2.36.